The van der Waals surface area contributed by atoms with Crippen molar-refractivity contribution < 1.29 is 14.3 Å². The first-order chi connectivity index (χ1) is 17.5. The zero-order valence-electron chi connectivity index (χ0n) is 21.5. The summed E-state index contributed by atoms with van der Waals surface area (Å²) < 4.78 is 7.26. The molecule has 3 aromatic rings. The third kappa shape index (κ3) is 6.86. The van der Waals surface area contributed by atoms with E-state index < -0.39 is 0 Å². The number of methoxy groups -OCH3 is 1. The summed E-state index contributed by atoms with van der Waals surface area (Å²) in [7, 11) is 1.63. The van der Waals surface area contributed by atoms with E-state index in [1.54, 1.807) is 7.11 Å². The van der Waals surface area contributed by atoms with Crippen LogP contribution in [0, 0.1) is 5.92 Å². The van der Waals surface area contributed by atoms with Crippen LogP contribution in [0.3, 0.4) is 0 Å². The fourth-order valence-electron chi connectivity index (χ4n) is 4.79. The minimum atomic E-state index is 0.0348. The molecule has 1 fully saturated rings. The van der Waals surface area contributed by atoms with Crippen molar-refractivity contribution in [2.24, 2.45) is 5.92 Å². The lowest BCUT2D eigenvalue weighted by atomic mass is 9.99. The van der Waals surface area contributed by atoms with Crippen molar-refractivity contribution in [3.05, 3.63) is 59.9 Å². The molecule has 0 spiro atoms. The quantitative estimate of drug-likeness (QED) is 0.405. The molecule has 7 nitrogen and oxygen atoms in total. The van der Waals surface area contributed by atoms with E-state index in [1.807, 2.05) is 47.4 Å². The maximum atomic E-state index is 13.0. The van der Waals surface area contributed by atoms with Gasteiger partial charge >= 0.3 is 0 Å². The molecule has 0 aliphatic carbocycles. The molecule has 1 aliphatic heterocycles. The number of unbranched alkanes of at least 4 members (excludes halogenated alkanes) is 2. The fraction of sp³-hybridized carbons (Fsp3) is 0.483. The molecule has 4 rings (SSSR count). The van der Waals surface area contributed by atoms with Crippen LogP contribution in [-0.4, -0.2) is 53.0 Å². The fourth-order valence-corrected chi connectivity index (χ4v) is 4.79. The molecule has 0 radical (unpaired) electrons. The Hall–Kier alpha value is -3.35. The molecule has 0 unspecified atom stereocenters. The van der Waals surface area contributed by atoms with Crippen LogP contribution in [0.15, 0.2) is 48.5 Å². The van der Waals surface area contributed by atoms with Gasteiger partial charge in [-0.15, -0.1) is 0 Å². The SMILES string of the molecule is COc1ccc(CC(=O)NCCCCCc2nc3ccccc3n2CC(=O)N2CCC(C)CC2)cc1. The van der Waals surface area contributed by atoms with Crippen LogP contribution in [-0.2, 0) is 29.0 Å². The van der Waals surface area contributed by atoms with Gasteiger partial charge in [0.15, 0.2) is 0 Å². The first-order valence-electron chi connectivity index (χ1n) is 13.1. The Kier molecular flexibility index (Phi) is 8.98. The maximum Gasteiger partial charge on any atom is 0.242 e. The van der Waals surface area contributed by atoms with Crippen molar-refractivity contribution in [2.45, 2.75) is 58.4 Å². The number of aryl methyl sites for hydroxylation is 1. The second-order valence-corrected chi connectivity index (χ2v) is 9.85. The van der Waals surface area contributed by atoms with E-state index in [-0.39, 0.29) is 11.8 Å². The van der Waals surface area contributed by atoms with E-state index in [2.05, 4.69) is 22.9 Å². The lowest BCUT2D eigenvalue weighted by Crippen LogP contribution is -2.39. The predicted molar refractivity (Wildman–Crippen MR) is 142 cm³/mol. The van der Waals surface area contributed by atoms with Crippen molar-refractivity contribution in [1.29, 1.82) is 0 Å². The number of carbonyl (C=O) groups is 2. The zero-order valence-corrected chi connectivity index (χ0v) is 21.5. The number of likely N-dealkylation sites (tertiary alicyclic amines) is 1. The third-order valence-corrected chi connectivity index (χ3v) is 7.09. The lowest BCUT2D eigenvalue weighted by molar-refractivity contribution is -0.133. The Morgan fingerprint density at radius 3 is 2.53 bits per heavy atom. The van der Waals surface area contributed by atoms with Gasteiger partial charge in [0.2, 0.25) is 11.8 Å². The molecule has 0 atom stereocenters. The summed E-state index contributed by atoms with van der Waals surface area (Å²) in [5.41, 5.74) is 2.94. The van der Waals surface area contributed by atoms with Gasteiger partial charge in [0.25, 0.3) is 0 Å². The second-order valence-electron chi connectivity index (χ2n) is 9.85. The van der Waals surface area contributed by atoms with Crippen molar-refractivity contribution in [1.82, 2.24) is 19.8 Å². The molecule has 0 bridgehead atoms. The van der Waals surface area contributed by atoms with E-state index in [0.29, 0.717) is 25.4 Å². The highest BCUT2D eigenvalue weighted by Crippen LogP contribution is 2.20. The number of nitrogens with zero attached hydrogens (tertiary/aromatic N) is 3. The molecule has 36 heavy (non-hydrogen) atoms. The summed E-state index contributed by atoms with van der Waals surface area (Å²) in [6.45, 7) is 4.98. The number of hydrogen-bond donors (Lipinski definition) is 1. The number of para-hydroxylation sites is 2. The number of imidazole rings is 1. The molecule has 2 heterocycles. The Bertz CT molecular complexity index is 1150. The average Bonchev–Trinajstić information content (AvgIpc) is 3.24. The highest BCUT2D eigenvalue weighted by atomic mass is 16.5. The summed E-state index contributed by atoms with van der Waals surface area (Å²) in [6, 6.07) is 15.6. The van der Waals surface area contributed by atoms with Crippen LogP contribution in [0.5, 0.6) is 5.75 Å². The standard InChI is InChI=1S/C29H38N4O3/c1-22-15-18-32(19-16-22)29(35)21-33-26-9-6-5-8-25(26)31-27(33)10-4-3-7-17-30-28(34)20-23-11-13-24(36-2)14-12-23/h5-6,8-9,11-14,22H,3-4,7,10,15-21H2,1-2H3,(H,30,34). The smallest absolute Gasteiger partial charge is 0.242 e. The summed E-state index contributed by atoms with van der Waals surface area (Å²) >= 11 is 0. The summed E-state index contributed by atoms with van der Waals surface area (Å²) in [5.74, 6) is 2.68. The normalized spacial score (nSPS) is 14.2. The highest BCUT2D eigenvalue weighted by Gasteiger charge is 2.22. The molecule has 192 valence electrons. The van der Waals surface area contributed by atoms with Gasteiger partial charge in [0.1, 0.15) is 18.1 Å². The monoisotopic (exact) mass is 490 g/mol. The topological polar surface area (TPSA) is 76.5 Å². The van der Waals surface area contributed by atoms with Gasteiger partial charge < -0.3 is 19.5 Å². The third-order valence-electron chi connectivity index (χ3n) is 7.09. The van der Waals surface area contributed by atoms with Gasteiger partial charge in [-0.2, -0.15) is 0 Å². The molecule has 1 saturated heterocycles. The van der Waals surface area contributed by atoms with Crippen molar-refractivity contribution >= 4 is 22.8 Å². The van der Waals surface area contributed by atoms with Crippen molar-refractivity contribution in [2.75, 3.05) is 26.7 Å². The van der Waals surface area contributed by atoms with E-state index in [0.717, 1.165) is 79.8 Å². The Balaban J connectivity index is 1.24. The molecule has 7 heteroatoms. The van der Waals surface area contributed by atoms with Gasteiger partial charge in [-0.05, 0) is 61.4 Å². The van der Waals surface area contributed by atoms with Crippen molar-refractivity contribution in [3.8, 4) is 5.75 Å². The maximum absolute atomic E-state index is 13.0. The van der Waals surface area contributed by atoms with E-state index in [9.17, 15) is 9.59 Å². The average molecular weight is 491 g/mol. The Labute approximate surface area is 213 Å². The molecule has 1 N–H and O–H groups in total. The first-order valence-corrected chi connectivity index (χ1v) is 13.1. The number of nitrogens with one attached hydrogen (secondary N) is 1. The summed E-state index contributed by atoms with van der Waals surface area (Å²) in [6.07, 6.45) is 6.23. The number of piperidine rings is 1. The highest BCUT2D eigenvalue weighted by molar-refractivity contribution is 5.81. The van der Waals surface area contributed by atoms with Crippen molar-refractivity contribution in [3.63, 3.8) is 0 Å². The zero-order chi connectivity index (χ0) is 25.3. The summed E-state index contributed by atoms with van der Waals surface area (Å²) in [4.78, 5) is 32.1. The number of carbonyl (C=O) groups excluding carboxylic acids is 2. The number of rotatable bonds is 11. The molecular weight excluding hydrogens is 452 g/mol. The van der Waals surface area contributed by atoms with Crippen LogP contribution in [0.2, 0.25) is 0 Å². The Morgan fingerprint density at radius 1 is 1.03 bits per heavy atom. The molecule has 0 saturated carbocycles. The van der Waals surface area contributed by atoms with Gasteiger partial charge in [-0.25, -0.2) is 4.98 Å². The van der Waals surface area contributed by atoms with E-state index in [1.165, 1.54) is 0 Å². The van der Waals surface area contributed by atoms with Crippen LogP contribution < -0.4 is 10.1 Å². The van der Waals surface area contributed by atoms with Crippen LogP contribution in [0.25, 0.3) is 11.0 Å². The van der Waals surface area contributed by atoms with Gasteiger partial charge in [-0.1, -0.05) is 37.6 Å². The second kappa shape index (κ2) is 12.6. The number of benzene rings is 2. The number of hydrogen-bond acceptors (Lipinski definition) is 4. The van der Waals surface area contributed by atoms with Gasteiger partial charge in [0.05, 0.1) is 24.6 Å². The number of amides is 2. The summed E-state index contributed by atoms with van der Waals surface area (Å²) in [5, 5.41) is 3.02. The number of aromatic nitrogens is 2. The van der Waals surface area contributed by atoms with Crippen LogP contribution in [0.1, 0.15) is 50.4 Å². The number of ether oxygens (including phenoxy) is 1. The minimum absolute atomic E-state index is 0.0348. The minimum Gasteiger partial charge on any atom is -0.497 e. The largest absolute Gasteiger partial charge is 0.497 e. The lowest BCUT2D eigenvalue weighted by Gasteiger charge is -2.30. The van der Waals surface area contributed by atoms with Crippen LogP contribution >= 0.6 is 0 Å². The Morgan fingerprint density at radius 2 is 1.78 bits per heavy atom. The molecule has 1 aromatic heterocycles. The number of fused-ring (bicyclic) bond motifs is 1. The van der Waals surface area contributed by atoms with E-state index in [4.69, 9.17) is 9.72 Å². The molecule has 1 aliphatic rings. The predicted octanol–water partition coefficient (Wildman–Crippen LogP) is 4.38. The van der Waals surface area contributed by atoms with Crippen LogP contribution in [0.4, 0.5) is 0 Å². The van der Waals surface area contributed by atoms with Gasteiger partial charge in [0, 0.05) is 26.1 Å². The molecular formula is C29H38N4O3. The van der Waals surface area contributed by atoms with E-state index >= 15 is 0 Å². The molecule has 2 aromatic carbocycles. The van der Waals surface area contributed by atoms with Gasteiger partial charge in [-0.3, -0.25) is 9.59 Å². The molecule has 2 amide bonds. The first kappa shape index (κ1) is 25.7.